The van der Waals surface area contributed by atoms with Gasteiger partial charge in [0, 0.05) is 0 Å². The molecule has 27 heavy (non-hydrogen) atoms. The predicted molar refractivity (Wildman–Crippen MR) is 141 cm³/mol. The van der Waals surface area contributed by atoms with Crippen LogP contribution in [-0.4, -0.2) is 42.8 Å². The molecule has 0 unspecified atom stereocenters. The molecule has 0 saturated carbocycles. The topological polar surface area (TPSA) is 3.24 Å². The van der Waals surface area contributed by atoms with Crippen molar-refractivity contribution < 1.29 is 0 Å². The summed E-state index contributed by atoms with van der Waals surface area (Å²) in [5.74, 6) is 0. The second-order valence-electron chi connectivity index (χ2n) is 12.7. The van der Waals surface area contributed by atoms with Gasteiger partial charge in [-0.15, -0.1) is 0 Å². The molecule has 0 atom stereocenters. The van der Waals surface area contributed by atoms with E-state index in [-0.39, 0.29) is 0 Å². The third kappa shape index (κ3) is 4.56. The van der Waals surface area contributed by atoms with Gasteiger partial charge in [-0.2, -0.15) is 0 Å². The van der Waals surface area contributed by atoms with Crippen LogP contribution in [-0.2, 0) is 0 Å². The minimum atomic E-state index is -1.85. The third-order valence-electron chi connectivity index (χ3n) is 5.89. The van der Waals surface area contributed by atoms with Crippen molar-refractivity contribution >= 4 is 44.1 Å². The van der Waals surface area contributed by atoms with Crippen molar-refractivity contribution in [2.24, 2.45) is 0 Å². The first-order valence-corrected chi connectivity index (χ1v) is 28.4. The Labute approximate surface area is 175 Å². The van der Waals surface area contributed by atoms with Gasteiger partial charge >= 0.3 is 0 Å². The molecule has 1 nitrogen and oxygen atoms in total. The maximum absolute atomic E-state index is 3.36. The van der Waals surface area contributed by atoms with E-state index in [0.29, 0.717) is 0 Å². The van der Waals surface area contributed by atoms with Crippen LogP contribution in [0.4, 0.5) is 0 Å². The third-order valence-corrected chi connectivity index (χ3v) is 57.2. The minimum absolute atomic E-state index is 1.43. The first-order chi connectivity index (χ1) is 11.7. The molecule has 0 N–H and O–H groups in total. The molecule has 156 valence electrons. The van der Waals surface area contributed by atoms with Gasteiger partial charge in [-0.1, -0.05) is 107 Å². The van der Waals surface area contributed by atoms with Crippen molar-refractivity contribution in [2.45, 2.75) is 99.3 Å². The lowest BCUT2D eigenvalue weighted by Gasteiger charge is -2.65. The first kappa shape index (κ1) is 25.3. The molecule has 1 aromatic rings. The second-order valence-corrected chi connectivity index (χ2v) is 49.8. The highest BCUT2D eigenvalue weighted by atomic mass is 29.7. The van der Waals surface area contributed by atoms with E-state index in [1.165, 1.54) is 5.56 Å². The Morgan fingerprint density at radius 1 is 0.556 bits per heavy atom. The lowest BCUT2D eigenvalue weighted by molar-refractivity contribution is 0.932. The molecule has 0 aliphatic rings. The van der Waals surface area contributed by atoms with Gasteiger partial charge in [0.2, 0.25) is 0 Å². The van der Waals surface area contributed by atoms with Gasteiger partial charge in [-0.25, -0.2) is 0 Å². The summed E-state index contributed by atoms with van der Waals surface area (Å²) in [5, 5.41) is 1.84. The smallest absolute Gasteiger partial charge is 0.126 e. The van der Waals surface area contributed by atoms with Crippen LogP contribution < -0.4 is 5.19 Å². The highest BCUT2D eigenvalue weighted by Gasteiger charge is 2.64. The van der Waals surface area contributed by atoms with Gasteiger partial charge in [0.1, 0.15) is 23.7 Å². The van der Waals surface area contributed by atoms with Crippen LogP contribution in [0.2, 0.25) is 78.6 Å². The molecule has 6 heteroatoms. The van der Waals surface area contributed by atoms with E-state index >= 15 is 0 Å². The summed E-state index contributed by atoms with van der Waals surface area (Å²) in [6.45, 7) is 39.2. The molecule has 0 saturated heterocycles. The summed E-state index contributed by atoms with van der Waals surface area (Å²) in [5.41, 5.74) is 4.60. The number of benzene rings is 1. The zero-order valence-corrected chi connectivity index (χ0v) is 26.1. The fraction of sp³-hybridized carbons (Fsp3) is 0.714. The molecular weight excluding hydrogens is 407 g/mol. The van der Waals surface area contributed by atoms with Crippen LogP contribution >= 0.6 is 0 Å². The Hall–Kier alpha value is 0.264. The monoisotopic (exact) mass is 453 g/mol. The van der Waals surface area contributed by atoms with Crippen molar-refractivity contribution in [3.05, 3.63) is 28.8 Å². The Bertz CT molecular complexity index is 633. The Morgan fingerprint density at radius 2 is 0.852 bits per heavy atom. The molecule has 0 aliphatic carbocycles. The average molecular weight is 454 g/mol. The van der Waals surface area contributed by atoms with E-state index in [1.54, 1.807) is 11.1 Å². The quantitative estimate of drug-likeness (QED) is 0.440. The standard InChI is InChI=1S/C21H47NSi5/c1-18-16-19(2)21(20(3)17-18)27(25(10,11)12,26(13,14)15)22(23(4,5)6)24(7,8)9/h16-17H,1-15H3. The van der Waals surface area contributed by atoms with E-state index in [1.807, 2.05) is 5.19 Å². The van der Waals surface area contributed by atoms with Crippen LogP contribution in [0.15, 0.2) is 12.1 Å². The zero-order valence-electron chi connectivity index (χ0n) is 21.1. The summed E-state index contributed by atoms with van der Waals surface area (Å²) in [7, 11) is -7.80. The van der Waals surface area contributed by atoms with Crippen molar-refractivity contribution in [1.29, 1.82) is 0 Å². The molecule has 0 fully saturated rings. The average Bonchev–Trinajstić information content (AvgIpc) is 2.29. The molecule has 0 aliphatic heterocycles. The summed E-state index contributed by atoms with van der Waals surface area (Å²) in [6, 6.07) is 4.97. The van der Waals surface area contributed by atoms with Gasteiger partial charge in [-0.3, -0.25) is 0 Å². The van der Waals surface area contributed by atoms with E-state index in [2.05, 4.69) is 115 Å². The maximum atomic E-state index is 3.36. The molecular formula is C21H47NSi5. The van der Waals surface area contributed by atoms with Crippen molar-refractivity contribution in [3.63, 3.8) is 0 Å². The Kier molecular flexibility index (Phi) is 7.03. The molecule has 0 spiro atoms. The number of hydrogen-bond acceptors (Lipinski definition) is 1. The van der Waals surface area contributed by atoms with Gasteiger partial charge in [0.05, 0.1) is 15.2 Å². The molecule has 1 rings (SSSR count). The summed E-state index contributed by atoms with van der Waals surface area (Å²) in [6.07, 6.45) is 0. The Balaban J connectivity index is 4.31. The molecule has 0 aromatic heterocycles. The maximum Gasteiger partial charge on any atom is 0.126 e. The number of aryl methyl sites for hydroxylation is 3. The first-order valence-electron chi connectivity index (χ1n) is 10.6. The fourth-order valence-electron chi connectivity index (χ4n) is 6.42. The van der Waals surface area contributed by atoms with E-state index in [9.17, 15) is 0 Å². The predicted octanol–water partition coefficient (Wildman–Crippen LogP) is 6.57. The largest absolute Gasteiger partial charge is 0.369 e. The Morgan fingerprint density at radius 3 is 1.07 bits per heavy atom. The van der Waals surface area contributed by atoms with Gasteiger partial charge < -0.3 is 3.90 Å². The highest BCUT2D eigenvalue weighted by molar-refractivity contribution is 7.73. The van der Waals surface area contributed by atoms with Crippen LogP contribution in [0.25, 0.3) is 0 Å². The van der Waals surface area contributed by atoms with Crippen molar-refractivity contribution in [2.75, 3.05) is 0 Å². The van der Waals surface area contributed by atoms with Crippen LogP contribution in [0.3, 0.4) is 0 Å². The summed E-state index contributed by atoms with van der Waals surface area (Å²) < 4.78 is 3.36. The van der Waals surface area contributed by atoms with E-state index in [4.69, 9.17) is 0 Å². The minimum Gasteiger partial charge on any atom is -0.369 e. The molecule has 1 aromatic carbocycles. The molecule has 0 bridgehead atoms. The molecule has 0 radical (unpaired) electrons. The number of nitrogens with zero attached hydrogens (tertiary/aromatic N) is 1. The normalized spacial score (nSPS) is 14.8. The summed E-state index contributed by atoms with van der Waals surface area (Å²) >= 11 is 0. The van der Waals surface area contributed by atoms with Gasteiger partial charge in [0.25, 0.3) is 0 Å². The van der Waals surface area contributed by atoms with Gasteiger partial charge in [-0.05, 0) is 26.0 Å². The van der Waals surface area contributed by atoms with E-state index in [0.717, 1.165) is 0 Å². The lowest BCUT2D eigenvalue weighted by Crippen LogP contribution is -2.92. The second kappa shape index (κ2) is 7.50. The molecule has 0 amide bonds. The van der Waals surface area contributed by atoms with Crippen molar-refractivity contribution in [1.82, 2.24) is 3.90 Å². The fourth-order valence-corrected chi connectivity index (χ4v) is 91.8. The summed E-state index contributed by atoms with van der Waals surface area (Å²) in [4.78, 5) is 0. The molecule has 0 heterocycles. The number of rotatable bonds is 6. The van der Waals surface area contributed by atoms with Crippen LogP contribution in [0.5, 0.6) is 0 Å². The van der Waals surface area contributed by atoms with E-state index < -0.39 is 38.9 Å². The lowest BCUT2D eigenvalue weighted by atomic mass is 10.1. The SMILES string of the molecule is Cc1cc(C)c([Si](N([Si](C)(C)C)[Si](C)(C)C)([Si](C)(C)C)[Si](C)(C)C)c(C)c1. The van der Waals surface area contributed by atoms with Crippen molar-refractivity contribution in [3.8, 4) is 0 Å². The highest BCUT2D eigenvalue weighted by Crippen LogP contribution is 2.40. The zero-order chi connectivity index (χ0) is 21.8. The van der Waals surface area contributed by atoms with Crippen LogP contribution in [0.1, 0.15) is 16.7 Å². The number of hydrogen-bond donors (Lipinski definition) is 0. The van der Waals surface area contributed by atoms with Crippen LogP contribution in [0, 0.1) is 20.8 Å². The van der Waals surface area contributed by atoms with Gasteiger partial charge in [0.15, 0.2) is 0 Å².